The molecule has 7 heteroatoms. The fourth-order valence-corrected chi connectivity index (χ4v) is 3.87. The van der Waals surface area contributed by atoms with Gasteiger partial charge in [0.1, 0.15) is 0 Å². The van der Waals surface area contributed by atoms with Crippen LogP contribution in [0.1, 0.15) is 19.3 Å². The third-order valence-electron chi connectivity index (χ3n) is 3.28. The summed E-state index contributed by atoms with van der Waals surface area (Å²) >= 11 is 0. The lowest BCUT2D eigenvalue weighted by Gasteiger charge is -2.26. The van der Waals surface area contributed by atoms with E-state index in [-0.39, 0.29) is 23.5 Å². The molecular weight excluding hydrogens is 256 g/mol. The molecule has 106 valence electrons. The van der Waals surface area contributed by atoms with E-state index in [0.717, 1.165) is 6.42 Å². The average Bonchev–Trinajstić information content (AvgIpc) is 2.68. The lowest BCUT2D eigenvalue weighted by molar-refractivity contribution is -0.133. The molecule has 2 unspecified atom stereocenters. The number of ether oxygens (including phenoxy) is 1. The van der Waals surface area contributed by atoms with Gasteiger partial charge in [0.25, 0.3) is 0 Å². The number of likely N-dealkylation sites (N-methyl/N-ethyl adjacent to an activating group) is 1. The van der Waals surface area contributed by atoms with Crippen LogP contribution in [-0.2, 0) is 19.4 Å². The van der Waals surface area contributed by atoms with E-state index in [1.54, 1.807) is 14.2 Å². The van der Waals surface area contributed by atoms with Gasteiger partial charge in [-0.05, 0) is 19.3 Å². The van der Waals surface area contributed by atoms with Crippen LogP contribution < -0.4 is 5.73 Å². The predicted molar refractivity (Wildman–Crippen MR) is 68.9 cm³/mol. The summed E-state index contributed by atoms with van der Waals surface area (Å²) in [6, 6.07) is -0.801. The number of nitrogens with two attached hydrogens (primary N) is 1. The van der Waals surface area contributed by atoms with E-state index in [0.29, 0.717) is 19.4 Å². The minimum Gasteiger partial charge on any atom is -0.385 e. The van der Waals surface area contributed by atoms with Crippen molar-refractivity contribution in [3.05, 3.63) is 0 Å². The van der Waals surface area contributed by atoms with Crippen molar-refractivity contribution < 1.29 is 17.9 Å². The van der Waals surface area contributed by atoms with Crippen molar-refractivity contribution in [1.82, 2.24) is 4.90 Å². The summed E-state index contributed by atoms with van der Waals surface area (Å²) in [5.41, 5.74) is 5.80. The maximum Gasteiger partial charge on any atom is 0.239 e. The summed E-state index contributed by atoms with van der Waals surface area (Å²) in [4.78, 5) is 13.5. The van der Waals surface area contributed by atoms with E-state index in [4.69, 9.17) is 10.5 Å². The molecule has 0 spiro atoms. The molecule has 1 aliphatic heterocycles. The lowest BCUT2D eigenvalue weighted by Crippen LogP contribution is -2.47. The molecule has 0 bridgehead atoms. The van der Waals surface area contributed by atoms with Crippen molar-refractivity contribution in [2.45, 2.75) is 31.3 Å². The van der Waals surface area contributed by atoms with Crippen LogP contribution in [-0.4, -0.2) is 63.6 Å². The standard InChI is InChI=1S/C11H22N2O4S/c1-13(9-5-7-18(15,16)8-9)11(14)10(12)4-3-6-17-2/h9-10H,3-8,12H2,1-2H3. The Hall–Kier alpha value is -0.660. The minimum absolute atomic E-state index is 0.0556. The highest BCUT2D eigenvalue weighted by molar-refractivity contribution is 7.91. The van der Waals surface area contributed by atoms with Gasteiger partial charge in [-0.25, -0.2) is 8.42 Å². The Balaban J connectivity index is 2.46. The minimum atomic E-state index is -2.98. The summed E-state index contributed by atoms with van der Waals surface area (Å²) in [5.74, 6) is 0.0296. The molecule has 0 aromatic rings. The SMILES string of the molecule is COCCCC(N)C(=O)N(C)C1CCS(=O)(=O)C1. The summed E-state index contributed by atoms with van der Waals surface area (Å²) in [5, 5.41) is 0. The highest BCUT2D eigenvalue weighted by Gasteiger charge is 2.33. The number of nitrogens with zero attached hydrogens (tertiary/aromatic N) is 1. The van der Waals surface area contributed by atoms with Gasteiger partial charge < -0.3 is 15.4 Å². The number of hydrogen-bond acceptors (Lipinski definition) is 5. The monoisotopic (exact) mass is 278 g/mol. The van der Waals surface area contributed by atoms with Crippen molar-refractivity contribution in [3.8, 4) is 0 Å². The average molecular weight is 278 g/mol. The highest BCUT2D eigenvalue weighted by Crippen LogP contribution is 2.17. The Morgan fingerprint density at radius 3 is 2.72 bits per heavy atom. The lowest BCUT2D eigenvalue weighted by atomic mass is 10.1. The fourth-order valence-electron chi connectivity index (χ4n) is 2.09. The second kappa shape index (κ2) is 6.49. The first-order valence-electron chi connectivity index (χ1n) is 6.09. The number of hydrogen-bond donors (Lipinski definition) is 1. The van der Waals surface area contributed by atoms with E-state index < -0.39 is 15.9 Å². The van der Waals surface area contributed by atoms with Crippen LogP contribution in [0, 0.1) is 0 Å². The van der Waals surface area contributed by atoms with E-state index in [2.05, 4.69) is 0 Å². The Morgan fingerprint density at radius 2 is 2.22 bits per heavy atom. The molecule has 1 amide bonds. The van der Waals surface area contributed by atoms with Gasteiger partial charge >= 0.3 is 0 Å². The molecule has 6 nitrogen and oxygen atoms in total. The largest absolute Gasteiger partial charge is 0.385 e. The van der Waals surface area contributed by atoms with E-state index in [9.17, 15) is 13.2 Å². The summed E-state index contributed by atoms with van der Waals surface area (Å²) < 4.78 is 27.6. The normalized spacial score (nSPS) is 23.8. The van der Waals surface area contributed by atoms with E-state index >= 15 is 0 Å². The van der Waals surface area contributed by atoms with Crippen LogP contribution in [0.4, 0.5) is 0 Å². The highest BCUT2D eigenvalue weighted by atomic mass is 32.2. The van der Waals surface area contributed by atoms with Gasteiger partial charge in [-0.1, -0.05) is 0 Å². The molecule has 0 radical (unpaired) electrons. The number of amides is 1. The summed E-state index contributed by atoms with van der Waals surface area (Å²) in [6.07, 6.45) is 1.78. The van der Waals surface area contributed by atoms with Crippen molar-refractivity contribution >= 4 is 15.7 Å². The Morgan fingerprint density at radius 1 is 1.56 bits per heavy atom. The second-order valence-electron chi connectivity index (χ2n) is 4.75. The molecule has 2 atom stereocenters. The summed E-state index contributed by atoms with van der Waals surface area (Å²) in [7, 11) is 0.254. The van der Waals surface area contributed by atoms with Crippen LogP contribution in [0.25, 0.3) is 0 Å². The van der Waals surface area contributed by atoms with Crippen molar-refractivity contribution in [2.75, 3.05) is 32.3 Å². The number of carbonyl (C=O) groups excluding carboxylic acids is 1. The maximum atomic E-state index is 12.0. The molecular formula is C11H22N2O4S. The van der Waals surface area contributed by atoms with Crippen molar-refractivity contribution in [3.63, 3.8) is 0 Å². The van der Waals surface area contributed by atoms with Crippen LogP contribution in [0.15, 0.2) is 0 Å². The van der Waals surface area contributed by atoms with Crippen molar-refractivity contribution in [1.29, 1.82) is 0 Å². The first kappa shape index (κ1) is 15.4. The van der Waals surface area contributed by atoms with Gasteiger partial charge in [-0.3, -0.25) is 4.79 Å². The second-order valence-corrected chi connectivity index (χ2v) is 6.98. The van der Waals surface area contributed by atoms with Gasteiger partial charge in [0, 0.05) is 26.8 Å². The molecule has 0 aromatic heterocycles. The number of sulfone groups is 1. The number of rotatable bonds is 6. The van der Waals surface area contributed by atoms with Gasteiger partial charge in [0.2, 0.25) is 5.91 Å². The zero-order valence-corrected chi connectivity index (χ0v) is 11.8. The Labute approximate surface area is 108 Å². The maximum absolute atomic E-state index is 12.0. The van der Waals surface area contributed by atoms with Gasteiger partial charge in [-0.15, -0.1) is 0 Å². The quantitative estimate of drug-likeness (QED) is 0.654. The zero-order chi connectivity index (χ0) is 13.8. The van der Waals surface area contributed by atoms with E-state index in [1.165, 1.54) is 4.90 Å². The Bertz CT molecular complexity index is 383. The third-order valence-corrected chi connectivity index (χ3v) is 5.03. The molecule has 1 saturated heterocycles. The molecule has 0 saturated carbocycles. The van der Waals surface area contributed by atoms with Crippen LogP contribution in [0.3, 0.4) is 0 Å². The van der Waals surface area contributed by atoms with Gasteiger partial charge in [-0.2, -0.15) is 0 Å². The first-order chi connectivity index (χ1) is 8.37. The summed E-state index contributed by atoms with van der Waals surface area (Å²) in [6.45, 7) is 0.572. The van der Waals surface area contributed by atoms with Gasteiger partial charge in [0.05, 0.1) is 17.5 Å². The molecule has 0 aromatic carbocycles. The molecule has 1 heterocycles. The molecule has 2 N–H and O–H groups in total. The molecule has 1 rings (SSSR count). The predicted octanol–water partition coefficient (Wildman–Crippen LogP) is -0.614. The van der Waals surface area contributed by atoms with Crippen LogP contribution >= 0.6 is 0 Å². The van der Waals surface area contributed by atoms with Crippen molar-refractivity contribution in [2.24, 2.45) is 5.73 Å². The first-order valence-corrected chi connectivity index (χ1v) is 7.91. The van der Waals surface area contributed by atoms with Crippen LogP contribution in [0.2, 0.25) is 0 Å². The zero-order valence-electron chi connectivity index (χ0n) is 11.0. The van der Waals surface area contributed by atoms with Gasteiger partial charge in [0.15, 0.2) is 9.84 Å². The number of carbonyl (C=O) groups is 1. The van der Waals surface area contributed by atoms with E-state index in [1.807, 2.05) is 0 Å². The molecule has 18 heavy (non-hydrogen) atoms. The fraction of sp³-hybridized carbons (Fsp3) is 0.909. The molecule has 1 fully saturated rings. The topological polar surface area (TPSA) is 89.7 Å². The Kier molecular flexibility index (Phi) is 5.55. The molecule has 0 aliphatic carbocycles. The third kappa shape index (κ3) is 4.22. The van der Waals surface area contributed by atoms with Crippen LogP contribution in [0.5, 0.6) is 0 Å². The smallest absolute Gasteiger partial charge is 0.239 e. The number of methoxy groups -OCH3 is 1. The molecule has 1 aliphatic rings.